The molecular formula is C12H10ClFN2O2S. The number of rotatable bonds is 3. The number of nitrogen functional groups attached to an aromatic ring is 1. The molecule has 1 aromatic carbocycles. The van der Waals surface area contributed by atoms with Crippen molar-refractivity contribution in [2.45, 2.75) is 6.92 Å². The van der Waals surface area contributed by atoms with Gasteiger partial charge < -0.3 is 10.5 Å². The number of esters is 1. The van der Waals surface area contributed by atoms with Gasteiger partial charge in [-0.15, -0.1) is 0 Å². The molecule has 0 aliphatic rings. The Bertz CT molecular complexity index is 630. The summed E-state index contributed by atoms with van der Waals surface area (Å²) >= 11 is 6.87. The first kappa shape index (κ1) is 13.8. The maximum Gasteiger partial charge on any atom is 0.352 e. The zero-order valence-corrected chi connectivity index (χ0v) is 11.5. The Hall–Kier alpha value is -1.66. The normalized spacial score (nSPS) is 10.5. The number of halogens is 2. The lowest BCUT2D eigenvalue weighted by Crippen LogP contribution is -2.05. The third-order valence-electron chi connectivity index (χ3n) is 2.38. The van der Waals surface area contributed by atoms with Crippen LogP contribution >= 0.6 is 23.1 Å². The number of nitrogens with zero attached hydrogens (tertiary/aromatic N) is 1. The third-order valence-corrected chi connectivity index (χ3v) is 3.53. The molecule has 0 bridgehead atoms. The van der Waals surface area contributed by atoms with E-state index in [1.165, 1.54) is 18.2 Å². The molecule has 0 fully saturated rings. The van der Waals surface area contributed by atoms with Crippen molar-refractivity contribution in [1.82, 2.24) is 4.37 Å². The van der Waals surface area contributed by atoms with Gasteiger partial charge >= 0.3 is 5.97 Å². The summed E-state index contributed by atoms with van der Waals surface area (Å²) < 4.78 is 21.9. The van der Waals surface area contributed by atoms with Crippen LogP contribution in [0.5, 0.6) is 0 Å². The van der Waals surface area contributed by atoms with Crippen molar-refractivity contribution in [2.75, 3.05) is 12.3 Å². The van der Waals surface area contributed by atoms with Crippen LogP contribution in [0.4, 0.5) is 10.1 Å². The van der Waals surface area contributed by atoms with Gasteiger partial charge in [0.25, 0.3) is 0 Å². The number of aromatic nitrogens is 1. The number of hydrogen-bond donors (Lipinski definition) is 1. The highest BCUT2D eigenvalue weighted by molar-refractivity contribution is 7.09. The van der Waals surface area contributed by atoms with Crippen LogP contribution < -0.4 is 5.73 Å². The first-order valence-corrected chi connectivity index (χ1v) is 6.57. The molecule has 0 unspecified atom stereocenters. The van der Waals surface area contributed by atoms with Gasteiger partial charge in [-0.2, -0.15) is 4.37 Å². The molecule has 2 aromatic rings. The number of carbonyl (C=O) groups is 1. The van der Waals surface area contributed by atoms with Crippen molar-refractivity contribution in [3.63, 3.8) is 0 Å². The highest BCUT2D eigenvalue weighted by atomic mass is 35.5. The van der Waals surface area contributed by atoms with E-state index < -0.39 is 11.8 Å². The molecule has 7 heteroatoms. The number of benzene rings is 1. The van der Waals surface area contributed by atoms with Gasteiger partial charge in [0.05, 0.1) is 17.3 Å². The number of anilines is 1. The number of nitrogens with two attached hydrogens (primary N) is 1. The van der Waals surface area contributed by atoms with Crippen LogP contribution in [0.3, 0.4) is 0 Å². The average Bonchev–Trinajstić information content (AvgIpc) is 2.72. The van der Waals surface area contributed by atoms with Gasteiger partial charge in [0, 0.05) is 5.56 Å². The van der Waals surface area contributed by atoms with E-state index in [1.54, 1.807) is 6.92 Å². The third kappa shape index (κ3) is 2.69. The summed E-state index contributed by atoms with van der Waals surface area (Å²) in [4.78, 5) is 11.8. The monoisotopic (exact) mass is 300 g/mol. The molecule has 0 radical (unpaired) electrons. The molecule has 100 valence electrons. The van der Waals surface area contributed by atoms with E-state index in [1.807, 2.05) is 0 Å². The molecule has 1 heterocycles. The van der Waals surface area contributed by atoms with Gasteiger partial charge in [0.2, 0.25) is 0 Å². The largest absolute Gasteiger partial charge is 0.462 e. The first-order valence-electron chi connectivity index (χ1n) is 5.42. The number of ether oxygens (including phenoxy) is 1. The van der Waals surface area contributed by atoms with Crippen molar-refractivity contribution < 1.29 is 13.9 Å². The highest BCUT2D eigenvalue weighted by Crippen LogP contribution is 2.35. The summed E-state index contributed by atoms with van der Waals surface area (Å²) in [5, 5.41) is 0.187. The molecule has 2 rings (SSSR count). The van der Waals surface area contributed by atoms with Crippen LogP contribution in [-0.2, 0) is 4.74 Å². The molecule has 0 aliphatic heterocycles. The minimum absolute atomic E-state index is 0.187. The van der Waals surface area contributed by atoms with E-state index >= 15 is 0 Å². The first-order chi connectivity index (χ1) is 9.04. The van der Waals surface area contributed by atoms with Crippen molar-refractivity contribution in [1.29, 1.82) is 0 Å². The lowest BCUT2D eigenvalue weighted by Gasteiger charge is -2.03. The minimum atomic E-state index is -0.526. The topological polar surface area (TPSA) is 65.2 Å². The molecule has 19 heavy (non-hydrogen) atoms. The molecule has 0 saturated carbocycles. The second kappa shape index (κ2) is 5.54. The predicted molar refractivity (Wildman–Crippen MR) is 72.9 cm³/mol. The van der Waals surface area contributed by atoms with Crippen LogP contribution in [-0.4, -0.2) is 16.9 Å². The van der Waals surface area contributed by atoms with E-state index in [-0.39, 0.29) is 22.2 Å². The van der Waals surface area contributed by atoms with E-state index in [2.05, 4.69) is 4.37 Å². The molecule has 0 saturated heterocycles. The second-order valence-corrected chi connectivity index (χ2v) is 4.80. The molecule has 0 aliphatic carbocycles. The number of carbonyl (C=O) groups excluding carboxylic acids is 1. The van der Waals surface area contributed by atoms with E-state index in [4.69, 9.17) is 22.1 Å². The fourth-order valence-electron chi connectivity index (χ4n) is 1.52. The van der Waals surface area contributed by atoms with Crippen molar-refractivity contribution >= 4 is 34.8 Å². The molecule has 0 spiro atoms. The maximum atomic E-state index is 13.0. The van der Waals surface area contributed by atoms with Crippen molar-refractivity contribution in [3.8, 4) is 11.3 Å². The van der Waals surface area contributed by atoms with Gasteiger partial charge in [-0.05, 0) is 36.7 Å². The quantitative estimate of drug-likeness (QED) is 0.883. The van der Waals surface area contributed by atoms with Crippen molar-refractivity contribution in [2.24, 2.45) is 0 Å². The SMILES string of the molecule is CCOC(=O)c1snc(-c2ccc(F)cc2Cl)c1N. The standard InChI is InChI=1S/C12H10ClFN2O2S/c1-2-18-12(17)11-9(15)10(16-19-11)7-4-3-6(14)5-8(7)13/h3-5H,2,15H2,1H3. The van der Waals surface area contributed by atoms with Gasteiger partial charge in [0.15, 0.2) is 4.88 Å². The Kier molecular flexibility index (Phi) is 4.01. The zero-order valence-electron chi connectivity index (χ0n) is 9.94. The fourth-order valence-corrected chi connectivity index (χ4v) is 2.48. The van der Waals surface area contributed by atoms with Crippen LogP contribution in [0.2, 0.25) is 5.02 Å². The maximum absolute atomic E-state index is 13.0. The molecule has 0 amide bonds. The molecule has 1 aromatic heterocycles. The van der Waals surface area contributed by atoms with Gasteiger partial charge in [-0.1, -0.05) is 11.6 Å². The van der Waals surface area contributed by atoms with Crippen LogP contribution in [0.15, 0.2) is 18.2 Å². The van der Waals surface area contributed by atoms with E-state index in [0.717, 1.165) is 11.5 Å². The summed E-state index contributed by atoms with van der Waals surface area (Å²) in [7, 11) is 0. The van der Waals surface area contributed by atoms with Crippen LogP contribution in [0.25, 0.3) is 11.3 Å². The molecule has 2 N–H and O–H groups in total. The minimum Gasteiger partial charge on any atom is -0.462 e. The summed E-state index contributed by atoms with van der Waals surface area (Å²) in [6, 6.07) is 3.89. The Morgan fingerprint density at radius 3 is 2.95 bits per heavy atom. The smallest absolute Gasteiger partial charge is 0.352 e. The highest BCUT2D eigenvalue weighted by Gasteiger charge is 2.20. The van der Waals surface area contributed by atoms with Crippen LogP contribution in [0, 0.1) is 5.82 Å². The Balaban J connectivity index is 2.44. The molecule has 4 nitrogen and oxygen atoms in total. The van der Waals surface area contributed by atoms with E-state index in [9.17, 15) is 9.18 Å². The van der Waals surface area contributed by atoms with Gasteiger partial charge in [-0.3, -0.25) is 0 Å². The Morgan fingerprint density at radius 2 is 2.32 bits per heavy atom. The fraction of sp³-hybridized carbons (Fsp3) is 0.167. The van der Waals surface area contributed by atoms with Crippen LogP contribution in [0.1, 0.15) is 16.6 Å². The van der Waals surface area contributed by atoms with E-state index in [0.29, 0.717) is 11.3 Å². The zero-order chi connectivity index (χ0) is 14.0. The summed E-state index contributed by atoms with van der Waals surface area (Å²) in [6.45, 7) is 1.95. The molecule has 0 atom stereocenters. The Morgan fingerprint density at radius 1 is 1.58 bits per heavy atom. The summed E-state index contributed by atoms with van der Waals surface area (Å²) in [5.74, 6) is -0.977. The van der Waals surface area contributed by atoms with Crippen molar-refractivity contribution in [3.05, 3.63) is 33.9 Å². The summed E-state index contributed by atoms with van der Waals surface area (Å²) in [6.07, 6.45) is 0. The summed E-state index contributed by atoms with van der Waals surface area (Å²) in [5.41, 5.74) is 6.90. The Labute approximate surface area is 118 Å². The second-order valence-electron chi connectivity index (χ2n) is 3.62. The average molecular weight is 301 g/mol. The van der Waals surface area contributed by atoms with Gasteiger partial charge in [-0.25, -0.2) is 9.18 Å². The molecular weight excluding hydrogens is 291 g/mol. The predicted octanol–water partition coefficient (Wildman–Crippen LogP) is 3.36. The lowest BCUT2D eigenvalue weighted by molar-refractivity contribution is 0.0533. The number of hydrogen-bond acceptors (Lipinski definition) is 5. The lowest BCUT2D eigenvalue weighted by atomic mass is 10.1. The van der Waals surface area contributed by atoms with Gasteiger partial charge in [0.1, 0.15) is 11.5 Å².